The minimum absolute atomic E-state index is 0.224. The van der Waals surface area contributed by atoms with Crippen molar-refractivity contribution in [1.29, 1.82) is 0 Å². The number of carbonyl (C=O) groups is 1. The van der Waals surface area contributed by atoms with Gasteiger partial charge in [-0.3, -0.25) is 9.78 Å². The third kappa shape index (κ3) is 3.58. The van der Waals surface area contributed by atoms with Crippen LogP contribution in [0.5, 0.6) is 0 Å². The lowest BCUT2D eigenvalue weighted by Gasteiger charge is -2.40. The van der Waals surface area contributed by atoms with Crippen LogP contribution in [-0.4, -0.2) is 28.3 Å². The SMILES string of the molecule is CCOC(=O)C(CC)C1(O)CCC(c2ccnc3ccc(F)cc23)CC1. The smallest absolute Gasteiger partial charge is 0.311 e. The molecule has 1 aliphatic rings. The Balaban J connectivity index is 1.80. The average molecular weight is 359 g/mol. The van der Waals surface area contributed by atoms with Crippen LogP contribution in [0.4, 0.5) is 4.39 Å². The van der Waals surface area contributed by atoms with Gasteiger partial charge in [-0.25, -0.2) is 4.39 Å². The highest BCUT2D eigenvalue weighted by Gasteiger charge is 2.44. The Hall–Kier alpha value is -2.01. The molecule has 1 unspecified atom stereocenters. The second-order valence-corrected chi connectivity index (χ2v) is 7.15. The molecular formula is C21H26FNO3. The van der Waals surface area contributed by atoms with Gasteiger partial charge in [0.15, 0.2) is 0 Å². The van der Waals surface area contributed by atoms with Crippen LogP contribution in [0.15, 0.2) is 30.5 Å². The monoisotopic (exact) mass is 359 g/mol. The minimum Gasteiger partial charge on any atom is -0.466 e. The number of carbonyl (C=O) groups excluding carboxylic acids is 1. The van der Waals surface area contributed by atoms with Crippen LogP contribution < -0.4 is 0 Å². The van der Waals surface area contributed by atoms with E-state index in [-0.39, 0.29) is 17.7 Å². The number of halogens is 1. The molecule has 0 radical (unpaired) electrons. The van der Waals surface area contributed by atoms with Crippen LogP contribution in [-0.2, 0) is 9.53 Å². The molecule has 0 aliphatic heterocycles. The lowest BCUT2D eigenvalue weighted by Crippen LogP contribution is -2.45. The maximum atomic E-state index is 13.7. The topological polar surface area (TPSA) is 59.4 Å². The van der Waals surface area contributed by atoms with Gasteiger partial charge in [-0.1, -0.05) is 6.92 Å². The fourth-order valence-electron chi connectivity index (χ4n) is 4.28. The first-order valence-corrected chi connectivity index (χ1v) is 9.41. The van der Waals surface area contributed by atoms with Gasteiger partial charge in [0.1, 0.15) is 5.82 Å². The van der Waals surface area contributed by atoms with E-state index in [1.807, 2.05) is 13.0 Å². The Labute approximate surface area is 153 Å². The second-order valence-electron chi connectivity index (χ2n) is 7.15. The van der Waals surface area contributed by atoms with Crippen molar-refractivity contribution < 1.29 is 19.0 Å². The van der Waals surface area contributed by atoms with Crippen molar-refractivity contribution in [3.63, 3.8) is 0 Å². The Bertz CT molecular complexity index is 784. The average Bonchev–Trinajstić information content (AvgIpc) is 2.62. The van der Waals surface area contributed by atoms with Crippen molar-refractivity contribution in [3.05, 3.63) is 41.8 Å². The maximum absolute atomic E-state index is 13.7. The highest BCUT2D eigenvalue weighted by atomic mass is 19.1. The molecule has 1 atom stereocenters. The number of rotatable bonds is 5. The molecule has 1 aromatic heterocycles. The molecule has 1 N–H and O–H groups in total. The number of hydrogen-bond acceptors (Lipinski definition) is 4. The van der Waals surface area contributed by atoms with Gasteiger partial charge in [0.2, 0.25) is 0 Å². The number of fused-ring (bicyclic) bond motifs is 1. The summed E-state index contributed by atoms with van der Waals surface area (Å²) in [4.78, 5) is 16.5. The predicted octanol–water partition coefficient (Wildman–Crippen LogP) is 4.35. The van der Waals surface area contributed by atoms with E-state index >= 15 is 0 Å². The number of benzene rings is 1. The van der Waals surface area contributed by atoms with Gasteiger partial charge in [-0.05, 0) is 74.8 Å². The molecule has 0 bridgehead atoms. The van der Waals surface area contributed by atoms with Crippen molar-refractivity contribution in [3.8, 4) is 0 Å². The van der Waals surface area contributed by atoms with Crippen LogP contribution in [0.1, 0.15) is 57.4 Å². The Morgan fingerprint density at radius 1 is 1.35 bits per heavy atom. The van der Waals surface area contributed by atoms with Gasteiger partial charge in [0.25, 0.3) is 0 Å². The van der Waals surface area contributed by atoms with Crippen LogP contribution in [0.2, 0.25) is 0 Å². The summed E-state index contributed by atoms with van der Waals surface area (Å²) in [7, 11) is 0. The highest BCUT2D eigenvalue weighted by Crippen LogP contribution is 2.44. The standard InChI is InChI=1S/C21H26FNO3/c1-3-18(20(24)26-4-2)21(25)10-7-14(8-11-21)16-9-12-23-19-6-5-15(22)13-17(16)19/h5-6,9,12-14,18,25H,3-4,7-8,10-11H2,1-2H3. The number of aliphatic hydroxyl groups is 1. The largest absolute Gasteiger partial charge is 0.466 e. The van der Waals surface area contributed by atoms with Gasteiger partial charge in [0.05, 0.1) is 23.6 Å². The summed E-state index contributed by atoms with van der Waals surface area (Å²) in [5, 5.41) is 11.9. The van der Waals surface area contributed by atoms with Crippen molar-refractivity contribution in [2.75, 3.05) is 6.61 Å². The molecule has 1 fully saturated rings. The van der Waals surface area contributed by atoms with Crippen LogP contribution in [0.3, 0.4) is 0 Å². The summed E-state index contributed by atoms with van der Waals surface area (Å²) in [5.74, 6) is -0.850. The van der Waals surface area contributed by atoms with Gasteiger partial charge in [0, 0.05) is 11.6 Å². The molecule has 26 heavy (non-hydrogen) atoms. The molecule has 1 aliphatic carbocycles. The van der Waals surface area contributed by atoms with Gasteiger partial charge in [-0.2, -0.15) is 0 Å². The fourth-order valence-corrected chi connectivity index (χ4v) is 4.28. The molecule has 5 heteroatoms. The molecular weight excluding hydrogens is 333 g/mol. The van der Waals surface area contributed by atoms with Gasteiger partial charge in [-0.15, -0.1) is 0 Å². The van der Waals surface area contributed by atoms with E-state index in [0.29, 0.717) is 25.9 Å². The summed E-state index contributed by atoms with van der Waals surface area (Å²) in [5.41, 5.74) is 0.828. The number of hydrogen-bond donors (Lipinski definition) is 1. The third-order valence-electron chi connectivity index (χ3n) is 5.66. The van der Waals surface area contributed by atoms with Crippen molar-refractivity contribution >= 4 is 16.9 Å². The zero-order valence-electron chi connectivity index (χ0n) is 15.4. The van der Waals surface area contributed by atoms with Crippen molar-refractivity contribution in [2.24, 2.45) is 5.92 Å². The van der Waals surface area contributed by atoms with E-state index in [0.717, 1.165) is 29.3 Å². The van der Waals surface area contributed by atoms with Crippen LogP contribution in [0.25, 0.3) is 10.9 Å². The zero-order valence-corrected chi connectivity index (χ0v) is 15.4. The summed E-state index contributed by atoms with van der Waals surface area (Å²) >= 11 is 0. The maximum Gasteiger partial charge on any atom is 0.311 e. The first-order valence-electron chi connectivity index (χ1n) is 9.41. The van der Waals surface area contributed by atoms with Gasteiger partial charge >= 0.3 is 5.97 Å². The van der Waals surface area contributed by atoms with E-state index < -0.39 is 11.5 Å². The predicted molar refractivity (Wildman–Crippen MR) is 98.3 cm³/mol. The summed E-state index contributed by atoms with van der Waals surface area (Å²) < 4.78 is 18.8. The number of aromatic nitrogens is 1. The number of nitrogens with zero attached hydrogens (tertiary/aromatic N) is 1. The van der Waals surface area contributed by atoms with E-state index in [1.165, 1.54) is 12.1 Å². The number of pyridine rings is 1. The van der Waals surface area contributed by atoms with Gasteiger partial charge < -0.3 is 9.84 Å². The normalized spacial score (nSPS) is 24.4. The van der Waals surface area contributed by atoms with Crippen LogP contribution >= 0.6 is 0 Å². The van der Waals surface area contributed by atoms with E-state index in [4.69, 9.17) is 4.74 Å². The first-order chi connectivity index (χ1) is 12.5. The molecule has 0 saturated heterocycles. The number of ether oxygens (including phenoxy) is 1. The third-order valence-corrected chi connectivity index (χ3v) is 5.66. The van der Waals surface area contributed by atoms with Crippen LogP contribution in [0, 0.1) is 11.7 Å². The summed E-state index contributed by atoms with van der Waals surface area (Å²) in [6.07, 6.45) is 4.89. The summed E-state index contributed by atoms with van der Waals surface area (Å²) in [6.45, 7) is 4.01. The van der Waals surface area contributed by atoms with E-state index in [1.54, 1.807) is 19.2 Å². The quantitative estimate of drug-likeness (QED) is 0.806. The molecule has 1 saturated carbocycles. The number of esters is 1. The zero-order chi connectivity index (χ0) is 18.7. The lowest BCUT2D eigenvalue weighted by atomic mass is 9.69. The van der Waals surface area contributed by atoms with E-state index in [2.05, 4.69) is 4.98 Å². The molecule has 4 nitrogen and oxygen atoms in total. The molecule has 0 spiro atoms. The molecule has 0 amide bonds. The fraction of sp³-hybridized carbons (Fsp3) is 0.524. The molecule has 140 valence electrons. The molecule has 1 aromatic carbocycles. The molecule has 1 heterocycles. The Morgan fingerprint density at radius 2 is 2.08 bits per heavy atom. The molecule has 3 rings (SSSR count). The van der Waals surface area contributed by atoms with E-state index in [9.17, 15) is 14.3 Å². The van der Waals surface area contributed by atoms with Crippen molar-refractivity contribution in [1.82, 2.24) is 4.98 Å². The first kappa shape index (κ1) is 18.8. The Morgan fingerprint density at radius 3 is 2.73 bits per heavy atom. The van der Waals surface area contributed by atoms with Crippen molar-refractivity contribution in [2.45, 2.75) is 57.5 Å². The molecule has 2 aromatic rings. The highest BCUT2D eigenvalue weighted by molar-refractivity contribution is 5.82. The Kier molecular flexibility index (Phi) is 5.56. The lowest BCUT2D eigenvalue weighted by molar-refractivity contribution is -0.161. The minimum atomic E-state index is -1.02. The second kappa shape index (κ2) is 7.70. The summed E-state index contributed by atoms with van der Waals surface area (Å²) in [6, 6.07) is 6.59.